The lowest BCUT2D eigenvalue weighted by molar-refractivity contribution is 0.371. The number of benzene rings is 6. The molecule has 0 spiro atoms. The van der Waals surface area contributed by atoms with Gasteiger partial charge in [0.1, 0.15) is 0 Å². The van der Waals surface area contributed by atoms with Crippen molar-refractivity contribution in [2.24, 2.45) is 0 Å². The van der Waals surface area contributed by atoms with Crippen LogP contribution in [0.3, 0.4) is 0 Å². The minimum absolute atomic E-state index is 0.0304. The standard InChI is InChI=1S/C51H58N3P/c1-29-19-32(4)49(33(5)20-29)36-22-41(43-26-42-35(7)51(11,12)45(42)27-46(43)53-38-16-14-18-40(55)25-38)34(6)48(23-36)54(39-17-13-15-37(52)24-39)47-28-44(50(8,9)10)30(2)21-31(47)3/h13-28,35,53H,52,55H2,1-12H3. The molecule has 0 saturated carbocycles. The summed E-state index contributed by atoms with van der Waals surface area (Å²) in [5.74, 6) is 0.449. The largest absolute Gasteiger partial charge is 0.399 e. The van der Waals surface area contributed by atoms with Crippen molar-refractivity contribution in [2.45, 2.75) is 99.8 Å². The van der Waals surface area contributed by atoms with Crippen LogP contribution in [0.5, 0.6) is 0 Å². The molecule has 0 heterocycles. The van der Waals surface area contributed by atoms with Crippen LogP contribution in [-0.4, -0.2) is 0 Å². The van der Waals surface area contributed by atoms with Gasteiger partial charge < -0.3 is 16.0 Å². The number of nitrogens with zero attached hydrogens (tertiary/aromatic N) is 1. The Hall–Kier alpha value is -4.85. The predicted molar refractivity (Wildman–Crippen MR) is 244 cm³/mol. The first-order valence-corrected chi connectivity index (χ1v) is 20.2. The summed E-state index contributed by atoms with van der Waals surface area (Å²) in [4.78, 5) is 2.46. The summed E-state index contributed by atoms with van der Waals surface area (Å²) >= 11 is 0. The fourth-order valence-electron chi connectivity index (χ4n) is 9.13. The molecular formula is C51H58N3P. The third-order valence-corrected chi connectivity index (χ3v) is 12.6. The van der Waals surface area contributed by atoms with Gasteiger partial charge in [0.05, 0.1) is 5.69 Å². The highest BCUT2D eigenvalue weighted by molar-refractivity contribution is 7.27. The number of nitrogens with one attached hydrogen (secondary N) is 1. The second-order valence-electron chi connectivity index (χ2n) is 17.8. The molecule has 7 rings (SSSR count). The first-order valence-electron chi connectivity index (χ1n) is 19.7. The maximum atomic E-state index is 6.59. The number of hydrogen-bond acceptors (Lipinski definition) is 3. The van der Waals surface area contributed by atoms with Gasteiger partial charge in [-0.15, -0.1) is 9.24 Å². The van der Waals surface area contributed by atoms with Crippen molar-refractivity contribution in [3.05, 3.63) is 147 Å². The summed E-state index contributed by atoms with van der Waals surface area (Å²) in [6, 6.07) is 36.1. The SMILES string of the molecule is Cc1cc(C)c(-c2cc(-c3cc4c(cc3Nc3cccc(P)c3)C(C)(C)C4C)c(C)c(N(c3cccc(N)c3)c3cc(C(C)(C)C)c(C)cc3C)c2)c(C)c1. The fourth-order valence-corrected chi connectivity index (χ4v) is 9.42. The van der Waals surface area contributed by atoms with Crippen LogP contribution in [0.2, 0.25) is 0 Å². The van der Waals surface area contributed by atoms with Crippen molar-refractivity contribution in [3.8, 4) is 22.3 Å². The molecule has 3 nitrogen and oxygen atoms in total. The number of rotatable bonds is 7. The Bertz CT molecular complexity index is 2460. The summed E-state index contributed by atoms with van der Waals surface area (Å²) in [6.45, 7) is 27.5. The molecule has 2 unspecified atom stereocenters. The highest BCUT2D eigenvalue weighted by Gasteiger charge is 2.42. The van der Waals surface area contributed by atoms with E-state index in [9.17, 15) is 0 Å². The van der Waals surface area contributed by atoms with Crippen molar-refractivity contribution >= 4 is 48.7 Å². The molecule has 2 atom stereocenters. The smallest absolute Gasteiger partial charge is 0.0503 e. The maximum absolute atomic E-state index is 6.59. The van der Waals surface area contributed by atoms with Gasteiger partial charge in [0.25, 0.3) is 0 Å². The summed E-state index contributed by atoms with van der Waals surface area (Å²) in [5.41, 5.74) is 29.6. The molecule has 6 aromatic rings. The fraction of sp³-hybridized carbons (Fsp3) is 0.294. The first-order chi connectivity index (χ1) is 25.8. The van der Waals surface area contributed by atoms with Crippen LogP contribution < -0.4 is 21.3 Å². The van der Waals surface area contributed by atoms with Crippen molar-refractivity contribution in [1.82, 2.24) is 0 Å². The Morgan fingerprint density at radius 3 is 2.05 bits per heavy atom. The molecule has 0 fully saturated rings. The zero-order valence-corrected chi connectivity index (χ0v) is 36.1. The molecule has 0 aromatic heterocycles. The number of aryl methyl sites for hydroxylation is 5. The zero-order valence-electron chi connectivity index (χ0n) is 34.9. The van der Waals surface area contributed by atoms with E-state index in [4.69, 9.17) is 5.73 Å². The quantitative estimate of drug-likeness (QED) is 0.126. The van der Waals surface area contributed by atoms with Crippen LogP contribution >= 0.6 is 9.24 Å². The van der Waals surface area contributed by atoms with Gasteiger partial charge in [-0.25, -0.2) is 0 Å². The summed E-state index contributed by atoms with van der Waals surface area (Å²) in [5, 5.41) is 5.05. The van der Waals surface area contributed by atoms with E-state index >= 15 is 0 Å². The number of nitrogen functional groups attached to an aromatic ring is 1. The molecule has 3 N–H and O–H groups in total. The third kappa shape index (κ3) is 6.98. The molecule has 1 aliphatic carbocycles. The number of anilines is 6. The molecule has 1 aliphatic rings. The number of hydrogen-bond donors (Lipinski definition) is 2. The van der Waals surface area contributed by atoms with Gasteiger partial charge in [-0.1, -0.05) is 83.5 Å². The molecule has 55 heavy (non-hydrogen) atoms. The predicted octanol–water partition coefficient (Wildman–Crippen LogP) is 13.9. The van der Waals surface area contributed by atoms with Crippen LogP contribution in [0, 0.1) is 41.5 Å². The summed E-state index contributed by atoms with van der Waals surface area (Å²) < 4.78 is 0. The van der Waals surface area contributed by atoms with Crippen molar-refractivity contribution < 1.29 is 0 Å². The van der Waals surface area contributed by atoms with E-state index in [-0.39, 0.29) is 10.8 Å². The Kier molecular flexibility index (Phi) is 9.80. The van der Waals surface area contributed by atoms with Crippen LogP contribution in [0.25, 0.3) is 22.3 Å². The van der Waals surface area contributed by atoms with Gasteiger partial charge in [-0.2, -0.15) is 0 Å². The Morgan fingerprint density at radius 1 is 0.709 bits per heavy atom. The third-order valence-electron chi connectivity index (χ3n) is 12.2. The van der Waals surface area contributed by atoms with Crippen LogP contribution in [0.15, 0.2) is 97.1 Å². The number of nitrogens with two attached hydrogens (primary N) is 1. The van der Waals surface area contributed by atoms with E-state index in [1.807, 2.05) is 6.07 Å². The van der Waals surface area contributed by atoms with Gasteiger partial charge in [0.15, 0.2) is 0 Å². The van der Waals surface area contributed by atoms with Gasteiger partial charge in [0.2, 0.25) is 0 Å². The molecule has 6 aromatic carbocycles. The Labute approximate surface area is 332 Å². The Morgan fingerprint density at radius 2 is 1.40 bits per heavy atom. The minimum Gasteiger partial charge on any atom is -0.399 e. The van der Waals surface area contributed by atoms with Crippen LogP contribution in [0.4, 0.5) is 34.1 Å². The molecule has 0 bridgehead atoms. The average Bonchev–Trinajstić information content (AvgIpc) is 3.09. The molecular weight excluding hydrogens is 686 g/mol. The Balaban J connectivity index is 1.59. The van der Waals surface area contributed by atoms with Crippen molar-refractivity contribution in [1.29, 1.82) is 0 Å². The second-order valence-corrected chi connectivity index (χ2v) is 18.4. The van der Waals surface area contributed by atoms with Crippen molar-refractivity contribution in [3.63, 3.8) is 0 Å². The summed E-state index contributed by atoms with van der Waals surface area (Å²) in [7, 11) is 2.85. The highest BCUT2D eigenvalue weighted by Crippen LogP contribution is 2.55. The van der Waals surface area contributed by atoms with E-state index in [0.29, 0.717) is 5.92 Å². The topological polar surface area (TPSA) is 41.3 Å². The van der Waals surface area contributed by atoms with Gasteiger partial charge in [0, 0.05) is 34.0 Å². The lowest BCUT2D eigenvalue weighted by atomic mass is 9.58. The molecule has 0 saturated heterocycles. The van der Waals surface area contributed by atoms with E-state index in [2.05, 4.69) is 194 Å². The van der Waals surface area contributed by atoms with Gasteiger partial charge in [-0.3, -0.25) is 0 Å². The summed E-state index contributed by atoms with van der Waals surface area (Å²) in [6.07, 6.45) is 0. The van der Waals surface area contributed by atoms with Gasteiger partial charge in [-0.05, 0) is 185 Å². The lowest BCUT2D eigenvalue weighted by Crippen LogP contribution is -2.36. The van der Waals surface area contributed by atoms with Crippen LogP contribution in [-0.2, 0) is 10.8 Å². The average molecular weight is 744 g/mol. The lowest BCUT2D eigenvalue weighted by Gasteiger charge is -2.46. The zero-order chi connectivity index (χ0) is 39.7. The molecule has 0 aliphatic heterocycles. The molecule has 0 radical (unpaired) electrons. The molecule has 282 valence electrons. The number of fused-ring (bicyclic) bond motifs is 1. The van der Waals surface area contributed by atoms with Crippen LogP contribution in [0.1, 0.15) is 97.5 Å². The van der Waals surface area contributed by atoms with Gasteiger partial charge >= 0.3 is 0 Å². The van der Waals surface area contributed by atoms with Crippen molar-refractivity contribution in [2.75, 3.05) is 16.0 Å². The monoisotopic (exact) mass is 743 g/mol. The highest BCUT2D eigenvalue weighted by atomic mass is 31.0. The molecule has 4 heteroatoms. The maximum Gasteiger partial charge on any atom is 0.0503 e. The first kappa shape index (κ1) is 38.4. The minimum atomic E-state index is -0.0304. The molecule has 0 amide bonds. The van der Waals surface area contributed by atoms with E-state index < -0.39 is 0 Å². The second kappa shape index (κ2) is 14.0. The van der Waals surface area contributed by atoms with E-state index in [0.717, 1.165) is 39.4 Å². The normalized spacial score (nSPS) is 14.7. The van der Waals surface area contributed by atoms with E-state index in [1.165, 1.54) is 72.3 Å². The van der Waals surface area contributed by atoms with E-state index in [1.54, 1.807) is 0 Å².